The number of guanidine groups is 1. The Bertz CT molecular complexity index is 612. The summed E-state index contributed by atoms with van der Waals surface area (Å²) in [6.45, 7) is 5.42. The van der Waals surface area contributed by atoms with E-state index >= 15 is 0 Å². The summed E-state index contributed by atoms with van der Waals surface area (Å²) in [6, 6.07) is 8.66. The fraction of sp³-hybridized carbons (Fsp3) is 0.588. The molecule has 1 aromatic carbocycles. The van der Waals surface area contributed by atoms with Crippen LogP contribution in [0.5, 0.6) is 0 Å². The Kier molecular flexibility index (Phi) is 8.78. The smallest absolute Gasteiger partial charge is 0.191 e. The minimum Gasteiger partial charge on any atom is -0.379 e. The molecule has 2 N–H and O–H groups in total. The van der Waals surface area contributed by atoms with Crippen molar-refractivity contribution in [3.05, 3.63) is 35.4 Å². The van der Waals surface area contributed by atoms with E-state index in [0.29, 0.717) is 19.1 Å². The molecular formula is C17H29N3O3S. The number of rotatable bonds is 9. The SMILES string of the molecule is CCc1ccc(C(C)NC(=NC)NCCOCCS(C)(=O)=O)cc1. The van der Waals surface area contributed by atoms with Crippen LogP contribution in [0, 0.1) is 0 Å². The molecule has 0 radical (unpaired) electrons. The highest BCUT2D eigenvalue weighted by molar-refractivity contribution is 7.90. The number of ether oxygens (including phenoxy) is 1. The van der Waals surface area contributed by atoms with Crippen molar-refractivity contribution >= 4 is 15.8 Å². The maximum absolute atomic E-state index is 11.0. The zero-order valence-corrected chi connectivity index (χ0v) is 15.8. The molecule has 0 aliphatic rings. The summed E-state index contributed by atoms with van der Waals surface area (Å²) < 4.78 is 27.3. The first kappa shape index (κ1) is 20.4. The molecule has 0 heterocycles. The monoisotopic (exact) mass is 355 g/mol. The average Bonchev–Trinajstić information content (AvgIpc) is 2.55. The summed E-state index contributed by atoms with van der Waals surface area (Å²) in [5.74, 6) is 0.735. The Morgan fingerprint density at radius 1 is 1.25 bits per heavy atom. The second kappa shape index (κ2) is 10.3. The molecule has 0 aromatic heterocycles. The van der Waals surface area contributed by atoms with Gasteiger partial charge in [0.1, 0.15) is 9.84 Å². The third-order valence-electron chi connectivity index (χ3n) is 3.60. The van der Waals surface area contributed by atoms with E-state index in [1.807, 2.05) is 0 Å². The summed E-state index contributed by atoms with van der Waals surface area (Å²) in [5, 5.41) is 6.48. The zero-order chi connectivity index (χ0) is 18.0. The van der Waals surface area contributed by atoms with Gasteiger partial charge in [-0.05, 0) is 24.5 Å². The molecule has 1 aromatic rings. The Labute approximate surface area is 145 Å². The van der Waals surface area contributed by atoms with Gasteiger partial charge in [0.25, 0.3) is 0 Å². The normalized spacial score (nSPS) is 13.6. The zero-order valence-electron chi connectivity index (χ0n) is 15.0. The van der Waals surface area contributed by atoms with Crippen molar-refractivity contribution in [3.63, 3.8) is 0 Å². The number of aliphatic imine (C=N–C) groups is 1. The molecule has 0 aliphatic heterocycles. The molecule has 136 valence electrons. The molecule has 1 atom stereocenters. The Morgan fingerprint density at radius 3 is 2.46 bits per heavy atom. The van der Waals surface area contributed by atoms with Crippen molar-refractivity contribution in [1.82, 2.24) is 10.6 Å². The van der Waals surface area contributed by atoms with Crippen LogP contribution in [0.15, 0.2) is 29.3 Å². The lowest BCUT2D eigenvalue weighted by Crippen LogP contribution is -2.40. The van der Waals surface area contributed by atoms with Gasteiger partial charge < -0.3 is 15.4 Å². The first-order valence-electron chi connectivity index (χ1n) is 8.17. The molecule has 0 spiro atoms. The van der Waals surface area contributed by atoms with Crippen LogP contribution in [-0.2, 0) is 21.0 Å². The molecular weight excluding hydrogens is 326 g/mol. The van der Waals surface area contributed by atoms with Gasteiger partial charge in [0, 0.05) is 19.8 Å². The van der Waals surface area contributed by atoms with Crippen molar-refractivity contribution < 1.29 is 13.2 Å². The molecule has 24 heavy (non-hydrogen) atoms. The van der Waals surface area contributed by atoms with Crippen LogP contribution < -0.4 is 10.6 Å². The fourth-order valence-corrected chi connectivity index (χ4v) is 2.50. The van der Waals surface area contributed by atoms with Gasteiger partial charge in [-0.2, -0.15) is 0 Å². The van der Waals surface area contributed by atoms with E-state index in [-0.39, 0.29) is 18.4 Å². The molecule has 1 unspecified atom stereocenters. The van der Waals surface area contributed by atoms with Gasteiger partial charge in [-0.1, -0.05) is 31.2 Å². The second-order valence-electron chi connectivity index (χ2n) is 5.70. The lowest BCUT2D eigenvalue weighted by atomic mass is 10.1. The first-order valence-corrected chi connectivity index (χ1v) is 10.2. The lowest BCUT2D eigenvalue weighted by molar-refractivity contribution is 0.154. The summed E-state index contributed by atoms with van der Waals surface area (Å²) in [5.41, 5.74) is 2.51. The van der Waals surface area contributed by atoms with E-state index in [4.69, 9.17) is 4.74 Å². The maximum Gasteiger partial charge on any atom is 0.191 e. The number of nitrogens with one attached hydrogen (secondary N) is 2. The van der Waals surface area contributed by atoms with E-state index in [9.17, 15) is 8.42 Å². The van der Waals surface area contributed by atoms with Gasteiger partial charge in [-0.15, -0.1) is 0 Å². The van der Waals surface area contributed by atoms with Crippen molar-refractivity contribution in [2.75, 3.05) is 38.8 Å². The Balaban J connectivity index is 2.33. The molecule has 0 bridgehead atoms. The molecule has 0 aliphatic carbocycles. The summed E-state index contributed by atoms with van der Waals surface area (Å²) in [6.07, 6.45) is 2.24. The molecule has 1 rings (SSSR count). The summed E-state index contributed by atoms with van der Waals surface area (Å²) >= 11 is 0. The molecule has 6 nitrogen and oxygen atoms in total. The van der Waals surface area contributed by atoms with Gasteiger partial charge in [0.05, 0.1) is 25.0 Å². The summed E-state index contributed by atoms with van der Waals surface area (Å²) in [7, 11) is -1.25. The van der Waals surface area contributed by atoms with Crippen molar-refractivity contribution in [2.45, 2.75) is 26.3 Å². The Morgan fingerprint density at radius 2 is 1.92 bits per heavy atom. The van der Waals surface area contributed by atoms with E-state index in [1.165, 1.54) is 17.4 Å². The number of nitrogens with zero attached hydrogens (tertiary/aromatic N) is 1. The van der Waals surface area contributed by atoms with Crippen molar-refractivity contribution in [3.8, 4) is 0 Å². The highest BCUT2D eigenvalue weighted by atomic mass is 32.2. The molecule has 7 heteroatoms. The average molecular weight is 356 g/mol. The molecule has 0 saturated heterocycles. The fourth-order valence-electron chi connectivity index (χ4n) is 2.08. The Hall–Kier alpha value is -1.60. The third-order valence-corrected chi connectivity index (χ3v) is 4.51. The molecule has 0 fully saturated rings. The van der Waals surface area contributed by atoms with Crippen molar-refractivity contribution in [2.24, 2.45) is 4.99 Å². The standard InChI is InChI=1S/C17H29N3O3S/c1-5-15-6-8-16(9-7-15)14(2)20-17(18-3)19-10-11-23-12-13-24(4,21)22/h6-9,14H,5,10-13H2,1-4H3,(H2,18,19,20). The van der Waals surface area contributed by atoms with E-state index in [2.05, 4.69) is 53.7 Å². The number of sulfone groups is 1. The molecule has 0 amide bonds. The van der Waals surface area contributed by atoms with Gasteiger partial charge in [0.15, 0.2) is 5.96 Å². The van der Waals surface area contributed by atoms with Crippen LogP contribution in [0.2, 0.25) is 0 Å². The van der Waals surface area contributed by atoms with Gasteiger partial charge in [0.2, 0.25) is 0 Å². The second-order valence-corrected chi connectivity index (χ2v) is 7.96. The highest BCUT2D eigenvalue weighted by Gasteiger charge is 2.07. The van der Waals surface area contributed by atoms with E-state index in [1.54, 1.807) is 7.05 Å². The van der Waals surface area contributed by atoms with Gasteiger partial charge in [-0.3, -0.25) is 4.99 Å². The largest absolute Gasteiger partial charge is 0.379 e. The first-order chi connectivity index (χ1) is 11.4. The quantitative estimate of drug-likeness (QED) is 0.399. The topological polar surface area (TPSA) is 79.8 Å². The predicted molar refractivity (Wildman–Crippen MR) is 99.3 cm³/mol. The summed E-state index contributed by atoms with van der Waals surface area (Å²) in [4.78, 5) is 4.19. The number of benzene rings is 1. The van der Waals surface area contributed by atoms with Crippen LogP contribution in [0.4, 0.5) is 0 Å². The highest BCUT2D eigenvalue weighted by Crippen LogP contribution is 2.13. The number of hydrogen-bond donors (Lipinski definition) is 2. The van der Waals surface area contributed by atoms with E-state index < -0.39 is 9.84 Å². The van der Waals surface area contributed by atoms with Crippen LogP contribution in [0.25, 0.3) is 0 Å². The third kappa shape index (κ3) is 8.31. The molecule has 0 saturated carbocycles. The lowest BCUT2D eigenvalue weighted by Gasteiger charge is -2.18. The van der Waals surface area contributed by atoms with Gasteiger partial charge in [-0.25, -0.2) is 8.42 Å². The number of aryl methyl sites for hydroxylation is 1. The minimum absolute atomic E-state index is 0.0464. The minimum atomic E-state index is -2.97. The van der Waals surface area contributed by atoms with Gasteiger partial charge >= 0.3 is 0 Å². The van der Waals surface area contributed by atoms with Crippen molar-refractivity contribution in [1.29, 1.82) is 0 Å². The van der Waals surface area contributed by atoms with Crippen LogP contribution in [0.3, 0.4) is 0 Å². The van der Waals surface area contributed by atoms with Crippen LogP contribution in [-0.4, -0.2) is 53.2 Å². The van der Waals surface area contributed by atoms with E-state index in [0.717, 1.165) is 6.42 Å². The van der Waals surface area contributed by atoms with Crippen LogP contribution >= 0.6 is 0 Å². The number of hydrogen-bond acceptors (Lipinski definition) is 4. The van der Waals surface area contributed by atoms with Crippen LogP contribution in [0.1, 0.15) is 31.0 Å². The maximum atomic E-state index is 11.0. The predicted octanol–water partition coefficient (Wildman–Crippen LogP) is 1.54.